The molecule has 2 amide bonds. The van der Waals surface area contributed by atoms with E-state index in [0.29, 0.717) is 38.8 Å². The van der Waals surface area contributed by atoms with E-state index in [1.807, 2.05) is 24.3 Å². The molecule has 7 nitrogen and oxygen atoms in total. The number of carboxylic acid groups (broad SMARTS) is 1. The van der Waals surface area contributed by atoms with Crippen LogP contribution in [0.2, 0.25) is 0 Å². The number of ether oxygens (including phenoxy) is 1. The number of nitrogens with zero attached hydrogens (tertiary/aromatic N) is 2. The zero-order chi connectivity index (χ0) is 19.6. The highest BCUT2D eigenvalue weighted by molar-refractivity contribution is 5.85. The van der Waals surface area contributed by atoms with Crippen LogP contribution >= 0.6 is 0 Å². The number of carboxylic acids is 1. The van der Waals surface area contributed by atoms with Crippen molar-refractivity contribution >= 4 is 17.8 Å². The quantitative estimate of drug-likeness (QED) is 0.870. The number of aliphatic carboxylic acids is 1. The third-order valence-corrected chi connectivity index (χ3v) is 5.79. The van der Waals surface area contributed by atoms with Gasteiger partial charge >= 0.3 is 5.97 Å². The molecule has 0 spiro atoms. The van der Waals surface area contributed by atoms with Gasteiger partial charge in [0.05, 0.1) is 25.0 Å². The maximum Gasteiger partial charge on any atom is 0.306 e. The van der Waals surface area contributed by atoms with Crippen LogP contribution in [-0.4, -0.2) is 59.9 Å². The molecule has 7 heteroatoms. The van der Waals surface area contributed by atoms with Crippen LogP contribution in [0.3, 0.4) is 0 Å². The summed E-state index contributed by atoms with van der Waals surface area (Å²) in [5.41, 5.74) is 0.908. The van der Waals surface area contributed by atoms with Crippen LogP contribution in [-0.2, 0) is 14.4 Å². The summed E-state index contributed by atoms with van der Waals surface area (Å²) in [7, 11) is 3.34. The molecule has 27 heavy (non-hydrogen) atoms. The van der Waals surface area contributed by atoms with E-state index in [1.54, 1.807) is 24.0 Å². The number of hydrogen-bond donors (Lipinski definition) is 1. The first-order valence-electron chi connectivity index (χ1n) is 9.33. The maximum atomic E-state index is 13.2. The van der Waals surface area contributed by atoms with Crippen molar-refractivity contribution < 1.29 is 24.2 Å². The molecular formula is C20H26N2O5. The lowest BCUT2D eigenvalue weighted by molar-refractivity contribution is -0.151. The fourth-order valence-corrected chi connectivity index (χ4v) is 4.14. The minimum absolute atomic E-state index is 0.0130. The van der Waals surface area contributed by atoms with E-state index in [0.717, 1.165) is 11.3 Å². The van der Waals surface area contributed by atoms with E-state index in [9.17, 15) is 14.4 Å². The molecule has 2 aliphatic heterocycles. The molecule has 0 aliphatic carbocycles. The number of benzene rings is 1. The number of carbonyl (C=O) groups excluding carboxylic acids is 2. The molecule has 1 N–H and O–H groups in total. The standard InChI is InChI=1S/C20H26N2O5/c1-21-17(23)8-7-16(18(21)13-3-5-15(27-2)6-4-13)19(24)22-11-9-14(10-12-22)20(25)26/h3-6,14,16,18H,7-12H2,1-2H3,(H,25,26). The molecule has 1 aromatic rings. The number of methoxy groups -OCH3 is 1. The van der Waals surface area contributed by atoms with Crippen LogP contribution in [0.25, 0.3) is 0 Å². The van der Waals surface area contributed by atoms with Crippen molar-refractivity contribution in [1.29, 1.82) is 0 Å². The van der Waals surface area contributed by atoms with Gasteiger partial charge < -0.3 is 19.6 Å². The molecule has 0 aromatic heterocycles. The SMILES string of the molecule is COc1ccc(C2C(C(=O)N3CCC(C(=O)O)CC3)CCC(=O)N2C)cc1. The number of likely N-dealkylation sites (tertiary alicyclic amines) is 2. The van der Waals surface area contributed by atoms with Gasteiger partial charge in [-0.1, -0.05) is 12.1 Å². The highest BCUT2D eigenvalue weighted by atomic mass is 16.5. The molecule has 0 bridgehead atoms. The minimum Gasteiger partial charge on any atom is -0.497 e. The van der Waals surface area contributed by atoms with Gasteiger partial charge in [0, 0.05) is 26.6 Å². The molecule has 0 saturated carbocycles. The van der Waals surface area contributed by atoms with E-state index in [-0.39, 0.29) is 29.7 Å². The van der Waals surface area contributed by atoms with Crippen LogP contribution in [0.4, 0.5) is 0 Å². The highest BCUT2D eigenvalue weighted by Crippen LogP contribution is 2.38. The molecule has 2 heterocycles. The Morgan fingerprint density at radius 3 is 2.30 bits per heavy atom. The summed E-state index contributed by atoms with van der Waals surface area (Å²) < 4.78 is 5.20. The molecule has 0 radical (unpaired) electrons. The lowest BCUT2D eigenvalue weighted by Crippen LogP contribution is -2.49. The first kappa shape index (κ1) is 19.2. The van der Waals surface area contributed by atoms with Crippen molar-refractivity contribution in [2.45, 2.75) is 31.7 Å². The lowest BCUT2D eigenvalue weighted by Gasteiger charge is -2.41. The van der Waals surface area contributed by atoms with Crippen LogP contribution in [0.1, 0.15) is 37.3 Å². The molecular weight excluding hydrogens is 348 g/mol. The Kier molecular flexibility index (Phi) is 5.68. The zero-order valence-corrected chi connectivity index (χ0v) is 15.8. The zero-order valence-electron chi connectivity index (χ0n) is 15.8. The van der Waals surface area contributed by atoms with Crippen molar-refractivity contribution in [2.24, 2.45) is 11.8 Å². The summed E-state index contributed by atoms with van der Waals surface area (Å²) in [5, 5.41) is 9.15. The van der Waals surface area contributed by atoms with Gasteiger partial charge in [0.25, 0.3) is 0 Å². The topological polar surface area (TPSA) is 87.1 Å². The number of hydrogen-bond acceptors (Lipinski definition) is 4. The Bertz CT molecular complexity index is 710. The molecule has 1 aromatic carbocycles. The number of carbonyl (C=O) groups is 3. The van der Waals surface area contributed by atoms with E-state index >= 15 is 0 Å². The van der Waals surface area contributed by atoms with E-state index in [1.165, 1.54) is 0 Å². The van der Waals surface area contributed by atoms with Gasteiger partial charge in [-0.25, -0.2) is 0 Å². The summed E-state index contributed by atoms with van der Waals surface area (Å²) in [5.74, 6) is -0.712. The van der Waals surface area contributed by atoms with Crippen LogP contribution in [0.15, 0.2) is 24.3 Å². The predicted molar refractivity (Wildman–Crippen MR) is 98.2 cm³/mol. The summed E-state index contributed by atoms with van der Waals surface area (Å²) in [6.45, 7) is 0.915. The van der Waals surface area contributed by atoms with Crippen LogP contribution in [0.5, 0.6) is 5.75 Å². The van der Waals surface area contributed by atoms with Gasteiger partial charge in [-0.05, 0) is 37.0 Å². The molecule has 3 rings (SSSR count). The van der Waals surface area contributed by atoms with Crippen molar-refractivity contribution in [3.63, 3.8) is 0 Å². The molecule has 2 saturated heterocycles. The average Bonchev–Trinajstić information content (AvgIpc) is 2.69. The fraction of sp³-hybridized carbons (Fsp3) is 0.550. The molecule has 2 fully saturated rings. The number of piperidine rings is 2. The van der Waals surface area contributed by atoms with Crippen molar-refractivity contribution in [1.82, 2.24) is 9.80 Å². The fourth-order valence-electron chi connectivity index (χ4n) is 4.14. The monoisotopic (exact) mass is 374 g/mol. The van der Waals surface area contributed by atoms with Gasteiger partial charge in [-0.3, -0.25) is 14.4 Å². The normalized spacial score (nSPS) is 24.0. The lowest BCUT2D eigenvalue weighted by atomic mass is 9.83. The molecule has 2 atom stereocenters. The van der Waals surface area contributed by atoms with Gasteiger partial charge in [0.15, 0.2) is 0 Å². The van der Waals surface area contributed by atoms with Gasteiger partial charge in [-0.2, -0.15) is 0 Å². The van der Waals surface area contributed by atoms with Crippen LogP contribution < -0.4 is 4.74 Å². The van der Waals surface area contributed by atoms with E-state index < -0.39 is 5.97 Å². The highest BCUT2D eigenvalue weighted by Gasteiger charge is 2.41. The first-order chi connectivity index (χ1) is 12.9. The Hall–Kier alpha value is -2.57. The third kappa shape index (κ3) is 3.91. The largest absolute Gasteiger partial charge is 0.497 e. The second-order valence-corrected chi connectivity index (χ2v) is 7.31. The second kappa shape index (κ2) is 7.98. The summed E-state index contributed by atoms with van der Waals surface area (Å²) in [6, 6.07) is 7.15. The first-order valence-corrected chi connectivity index (χ1v) is 9.33. The van der Waals surface area contributed by atoms with Crippen molar-refractivity contribution in [2.75, 3.05) is 27.2 Å². The predicted octanol–water partition coefficient (Wildman–Crippen LogP) is 1.93. The van der Waals surface area contributed by atoms with Gasteiger partial charge in [0.2, 0.25) is 11.8 Å². The molecule has 2 unspecified atom stereocenters. The molecule has 2 aliphatic rings. The third-order valence-electron chi connectivity index (χ3n) is 5.79. The Morgan fingerprint density at radius 1 is 1.11 bits per heavy atom. The van der Waals surface area contributed by atoms with Crippen molar-refractivity contribution in [3.8, 4) is 5.75 Å². The smallest absolute Gasteiger partial charge is 0.306 e. The summed E-state index contributed by atoms with van der Waals surface area (Å²) in [4.78, 5) is 40.1. The van der Waals surface area contributed by atoms with E-state index in [4.69, 9.17) is 9.84 Å². The van der Waals surface area contributed by atoms with Crippen molar-refractivity contribution in [3.05, 3.63) is 29.8 Å². The van der Waals surface area contributed by atoms with Crippen LogP contribution in [0, 0.1) is 11.8 Å². The number of amides is 2. The Balaban J connectivity index is 1.79. The summed E-state index contributed by atoms with van der Waals surface area (Å²) >= 11 is 0. The second-order valence-electron chi connectivity index (χ2n) is 7.31. The van der Waals surface area contributed by atoms with Gasteiger partial charge in [-0.15, -0.1) is 0 Å². The minimum atomic E-state index is -0.791. The summed E-state index contributed by atoms with van der Waals surface area (Å²) in [6.07, 6.45) is 1.83. The van der Waals surface area contributed by atoms with Gasteiger partial charge in [0.1, 0.15) is 5.75 Å². The maximum absolute atomic E-state index is 13.2. The van der Waals surface area contributed by atoms with E-state index in [2.05, 4.69) is 0 Å². The average molecular weight is 374 g/mol. The number of rotatable bonds is 4. The Labute approximate surface area is 158 Å². The Morgan fingerprint density at radius 2 is 1.74 bits per heavy atom. The molecule has 146 valence electrons.